The van der Waals surface area contributed by atoms with Crippen LogP contribution in [0.5, 0.6) is 0 Å². The van der Waals surface area contributed by atoms with E-state index in [1.54, 1.807) is 12.1 Å². The first kappa shape index (κ1) is 17.0. The SMILES string of the molecule is CC1CN(S(=O)(=O)c2ccc3oc(=O)ccc3c2)CCN1.Cl. The van der Waals surface area contributed by atoms with Gasteiger partial charge in [-0.05, 0) is 31.2 Å². The van der Waals surface area contributed by atoms with Crippen molar-refractivity contribution >= 4 is 33.4 Å². The maximum absolute atomic E-state index is 12.6. The third-order valence-corrected chi connectivity index (χ3v) is 5.42. The van der Waals surface area contributed by atoms with Crippen LogP contribution in [0.25, 0.3) is 11.0 Å². The molecule has 2 aromatic rings. The molecule has 1 aromatic heterocycles. The number of sulfonamides is 1. The molecule has 1 fully saturated rings. The van der Waals surface area contributed by atoms with Crippen LogP contribution in [0.3, 0.4) is 0 Å². The Bertz CT molecular complexity index is 834. The molecule has 0 radical (unpaired) electrons. The van der Waals surface area contributed by atoms with Gasteiger partial charge < -0.3 is 9.73 Å². The van der Waals surface area contributed by atoms with Crippen molar-refractivity contribution in [2.24, 2.45) is 0 Å². The van der Waals surface area contributed by atoms with Crippen molar-refractivity contribution < 1.29 is 12.8 Å². The minimum absolute atomic E-state index is 0. The third kappa shape index (κ3) is 3.17. The Kier molecular flexibility index (Phi) is 4.91. The number of nitrogens with zero attached hydrogens (tertiary/aromatic N) is 1. The van der Waals surface area contributed by atoms with E-state index >= 15 is 0 Å². The largest absolute Gasteiger partial charge is 0.423 e. The van der Waals surface area contributed by atoms with Crippen LogP contribution in [0.2, 0.25) is 0 Å². The molecule has 1 aromatic carbocycles. The van der Waals surface area contributed by atoms with Crippen LogP contribution in [-0.2, 0) is 10.0 Å². The van der Waals surface area contributed by atoms with Crippen molar-refractivity contribution in [2.75, 3.05) is 19.6 Å². The molecular weight excluding hydrogens is 328 g/mol. The Morgan fingerprint density at radius 3 is 2.77 bits per heavy atom. The summed E-state index contributed by atoms with van der Waals surface area (Å²) in [5, 5.41) is 3.81. The first-order valence-corrected chi connectivity index (χ1v) is 8.18. The number of hydrogen-bond acceptors (Lipinski definition) is 5. The van der Waals surface area contributed by atoms with Crippen LogP contribution in [-0.4, -0.2) is 38.4 Å². The smallest absolute Gasteiger partial charge is 0.336 e. The number of halogens is 1. The molecule has 1 atom stereocenters. The average molecular weight is 345 g/mol. The van der Waals surface area contributed by atoms with E-state index in [1.165, 1.54) is 22.5 Å². The quantitative estimate of drug-likeness (QED) is 0.828. The van der Waals surface area contributed by atoms with Crippen LogP contribution >= 0.6 is 12.4 Å². The summed E-state index contributed by atoms with van der Waals surface area (Å²) in [6.45, 7) is 3.50. The van der Waals surface area contributed by atoms with Gasteiger partial charge in [0, 0.05) is 37.1 Å². The van der Waals surface area contributed by atoms with Crippen LogP contribution in [0, 0.1) is 0 Å². The van der Waals surface area contributed by atoms with Crippen LogP contribution in [0.15, 0.2) is 44.4 Å². The van der Waals surface area contributed by atoms with Gasteiger partial charge in [-0.15, -0.1) is 12.4 Å². The number of nitrogens with one attached hydrogen (secondary N) is 1. The maximum Gasteiger partial charge on any atom is 0.336 e. The molecule has 3 rings (SSSR count). The number of fused-ring (bicyclic) bond motifs is 1. The summed E-state index contributed by atoms with van der Waals surface area (Å²) in [6.07, 6.45) is 0. The molecule has 1 unspecified atom stereocenters. The van der Waals surface area contributed by atoms with E-state index in [0.717, 1.165) is 0 Å². The van der Waals surface area contributed by atoms with Crippen molar-refractivity contribution in [1.29, 1.82) is 0 Å². The maximum atomic E-state index is 12.6. The number of hydrogen-bond donors (Lipinski definition) is 1. The predicted octanol–water partition coefficient (Wildman–Crippen LogP) is 1.20. The Morgan fingerprint density at radius 2 is 2.05 bits per heavy atom. The van der Waals surface area contributed by atoms with Gasteiger partial charge in [-0.2, -0.15) is 4.31 Å². The molecule has 0 saturated carbocycles. The Morgan fingerprint density at radius 1 is 1.27 bits per heavy atom. The minimum atomic E-state index is -3.52. The van der Waals surface area contributed by atoms with E-state index in [1.807, 2.05) is 6.92 Å². The molecular formula is C14H17ClN2O4S. The molecule has 120 valence electrons. The van der Waals surface area contributed by atoms with Crippen molar-refractivity contribution in [3.05, 3.63) is 40.8 Å². The van der Waals surface area contributed by atoms with Gasteiger partial charge in [0.25, 0.3) is 0 Å². The zero-order valence-corrected chi connectivity index (χ0v) is 13.6. The lowest BCUT2D eigenvalue weighted by Gasteiger charge is -2.31. The van der Waals surface area contributed by atoms with Gasteiger partial charge in [0.1, 0.15) is 5.58 Å². The first-order valence-electron chi connectivity index (χ1n) is 6.74. The molecule has 1 aliphatic rings. The first-order chi connectivity index (χ1) is 9.96. The molecule has 0 spiro atoms. The highest BCUT2D eigenvalue weighted by molar-refractivity contribution is 7.89. The highest BCUT2D eigenvalue weighted by Crippen LogP contribution is 2.21. The second-order valence-electron chi connectivity index (χ2n) is 5.17. The molecule has 1 N–H and O–H groups in total. The highest BCUT2D eigenvalue weighted by Gasteiger charge is 2.28. The fraction of sp³-hybridized carbons (Fsp3) is 0.357. The van der Waals surface area contributed by atoms with E-state index in [0.29, 0.717) is 30.6 Å². The molecule has 1 saturated heterocycles. The Balaban J connectivity index is 0.00000176. The Labute approximate surface area is 134 Å². The highest BCUT2D eigenvalue weighted by atomic mass is 35.5. The van der Waals surface area contributed by atoms with Crippen molar-refractivity contribution in [3.63, 3.8) is 0 Å². The van der Waals surface area contributed by atoms with Crippen molar-refractivity contribution in [1.82, 2.24) is 9.62 Å². The molecule has 2 heterocycles. The summed E-state index contributed by atoms with van der Waals surface area (Å²) in [7, 11) is -3.52. The van der Waals surface area contributed by atoms with Gasteiger partial charge in [0.05, 0.1) is 4.90 Å². The standard InChI is InChI=1S/C14H16N2O4S.ClH/c1-10-9-16(7-6-15-10)21(18,19)12-3-4-13-11(8-12)2-5-14(17)20-13;/h2-5,8,10,15H,6-7,9H2,1H3;1H. The van der Waals surface area contributed by atoms with Crippen LogP contribution < -0.4 is 10.9 Å². The average Bonchev–Trinajstić information content (AvgIpc) is 2.46. The van der Waals surface area contributed by atoms with E-state index in [9.17, 15) is 13.2 Å². The molecule has 8 heteroatoms. The molecule has 6 nitrogen and oxygen atoms in total. The van der Waals surface area contributed by atoms with Gasteiger partial charge >= 0.3 is 5.63 Å². The predicted molar refractivity (Wildman–Crippen MR) is 86.0 cm³/mol. The number of rotatable bonds is 2. The molecule has 0 aliphatic carbocycles. The summed E-state index contributed by atoms with van der Waals surface area (Å²) < 4.78 is 31.8. The molecule has 22 heavy (non-hydrogen) atoms. The minimum Gasteiger partial charge on any atom is -0.423 e. The van der Waals surface area contributed by atoms with E-state index < -0.39 is 15.6 Å². The summed E-state index contributed by atoms with van der Waals surface area (Å²) in [5.41, 5.74) is -0.0656. The van der Waals surface area contributed by atoms with E-state index in [2.05, 4.69) is 5.32 Å². The monoisotopic (exact) mass is 344 g/mol. The van der Waals surface area contributed by atoms with Gasteiger partial charge in [0.15, 0.2) is 0 Å². The zero-order chi connectivity index (χ0) is 15.0. The normalized spacial score (nSPS) is 19.8. The summed E-state index contributed by atoms with van der Waals surface area (Å²) in [6, 6.07) is 7.53. The molecule has 0 bridgehead atoms. The second kappa shape index (κ2) is 6.37. The fourth-order valence-electron chi connectivity index (χ4n) is 2.47. The van der Waals surface area contributed by atoms with Gasteiger partial charge in [-0.1, -0.05) is 0 Å². The lowest BCUT2D eigenvalue weighted by molar-refractivity contribution is 0.310. The van der Waals surface area contributed by atoms with Crippen LogP contribution in [0.1, 0.15) is 6.92 Å². The van der Waals surface area contributed by atoms with E-state index in [-0.39, 0.29) is 23.3 Å². The lowest BCUT2D eigenvalue weighted by Crippen LogP contribution is -2.51. The van der Waals surface area contributed by atoms with Crippen molar-refractivity contribution in [2.45, 2.75) is 17.9 Å². The summed E-state index contributed by atoms with van der Waals surface area (Å²) in [4.78, 5) is 11.4. The van der Waals surface area contributed by atoms with E-state index in [4.69, 9.17) is 4.42 Å². The molecule has 0 amide bonds. The number of benzene rings is 1. The van der Waals surface area contributed by atoms with Gasteiger partial charge in [-0.3, -0.25) is 0 Å². The topological polar surface area (TPSA) is 79.6 Å². The fourth-order valence-corrected chi connectivity index (χ4v) is 4.04. The molecule has 1 aliphatic heterocycles. The second-order valence-corrected chi connectivity index (χ2v) is 7.11. The Hall–Kier alpha value is -1.41. The number of piperazine rings is 1. The van der Waals surface area contributed by atoms with Crippen molar-refractivity contribution in [3.8, 4) is 0 Å². The van der Waals surface area contributed by atoms with Crippen LogP contribution in [0.4, 0.5) is 0 Å². The lowest BCUT2D eigenvalue weighted by atomic mass is 10.2. The summed E-state index contributed by atoms with van der Waals surface area (Å²) in [5.74, 6) is 0. The van der Waals surface area contributed by atoms with Gasteiger partial charge in [0.2, 0.25) is 10.0 Å². The van der Waals surface area contributed by atoms with Gasteiger partial charge in [-0.25, -0.2) is 13.2 Å². The summed E-state index contributed by atoms with van der Waals surface area (Å²) >= 11 is 0. The third-order valence-electron chi connectivity index (χ3n) is 3.56. The zero-order valence-electron chi connectivity index (χ0n) is 12.0.